The number of cyclic esters (lactones) is 1. The highest BCUT2D eigenvalue weighted by Crippen LogP contribution is 2.38. The van der Waals surface area contributed by atoms with Crippen LogP contribution in [0.25, 0.3) is 10.8 Å². The van der Waals surface area contributed by atoms with E-state index in [9.17, 15) is 9.90 Å². The number of carbonyl (C=O) groups is 1. The third-order valence-electron chi connectivity index (χ3n) is 6.41. The lowest BCUT2D eigenvalue weighted by Gasteiger charge is -2.36. The van der Waals surface area contributed by atoms with Gasteiger partial charge in [-0.05, 0) is 50.8 Å². The number of nitrogens with zero attached hydrogens (tertiary/aromatic N) is 3. The van der Waals surface area contributed by atoms with Gasteiger partial charge in [0.25, 0.3) is 0 Å². The largest absolute Gasteiger partial charge is 0.481 e. The van der Waals surface area contributed by atoms with Crippen molar-refractivity contribution in [2.24, 2.45) is 0 Å². The van der Waals surface area contributed by atoms with Crippen molar-refractivity contribution in [3.63, 3.8) is 0 Å². The Kier molecular flexibility index (Phi) is 5.29. The molecule has 0 radical (unpaired) electrons. The van der Waals surface area contributed by atoms with E-state index in [1.807, 2.05) is 33.8 Å². The normalized spacial score (nSPS) is 19.1. The molecule has 0 amide bonds. The van der Waals surface area contributed by atoms with Gasteiger partial charge in [-0.15, -0.1) is 0 Å². The van der Waals surface area contributed by atoms with Crippen LogP contribution < -0.4 is 10.1 Å². The van der Waals surface area contributed by atoms with Crippen molar-refractivity contribution >= 4 is 28.4 Å². The molecule has 0 saturated carbocycles. The Morgan fingerprint density at radius 2 is 1.97 bits per heavy atom. The van der Waals surface area contributed by atoms with Crippen LogP contribution in [0.5, 0.6) is 5.88 Å². The van der Waals surface area contributed by atoms with E-state index in [4.69, 9.17) is 14.5 Å². The van der Waals surface area contributed by atoms with E-state index in [1.54, 1.807) is 38.6 Å². The van der Waals surface area contributed by atoms with Gasteiger partial charge in [-0.3, -0.25) is 0 Å². The summed E-state index contributed by atoms with van der Waals surface area (Å²) in [7, 11) is 1.55. The molecule has 0 saturated heterocycles. The molecule has 8 nitrogen and oxygen atoms in total. The third kappa shape index (κ3) is 3.64. The monoisotopic (exact) mass is 436 g/mol. The first-order valence-corrected chi connectivity index (χ1v) is 10.6. The molecular formula is C24H28N4O4. The van der Waals surface area contributed by atoms with E-state index in [-0.39, 0.29) is 11.9 Å². The smallest absolute Gasteiger partial charge is 0.340 e. The van der Waals surface area contributed by atoms with Crippen molar-refractivity contribution in [1.82, 2.24) is 15.0 Å². The Balaban J connectivity index is 1.77. The van der Waals surface area contributed by atoms with Crippen LogP contribution in [-0.4, -0.2) is 38.7 Å². The molecule has 0 aliphatic carbocycles. The van der Waals surface area contributed by atoms with Gasteiger partial charge in [0.15, 0.2) is 0 Å². The van der Waals surface area contributed by atoms with Crippen LogP contribution in [0.3, 0.4) is 0 Å². The van der Waals surface area contributed by atoms with Gasteiger partial charge in [-0.1, -0.05) is 13.8 Å². The molecule has 2 N–H and O–H groups in total. The Morgan fingerprint density at radius 1 is 1.22 bits per heavy atom. The molecule has 3 aromatic rings. The first-order valence-electron chi connectivity index (χ1n) is 10.6. The molecule has 0 aromatic carbocycles. The fraction of sp³-hybridized carbons (Fsp3) is 0.417. The van der Waals surface area contributed by atoms with Crippen LogP contribution in [0, 0.1) is 0 Å². The fourth-order valence-electron chi connectivity index (χ4n) is 3.85. The number of aliphatic hydroxyl groups is 1. The number of rotatable bonds is 5. The number of anilines is 2. The maximum Gasteiger partial charge on any atom is 0.340 e. The molecule has 0 bridgehead atoms. The number of hydrogen-bond acceptors (Lipinski definition) is 8. The standard InChI is InChI=1S/C24H28N4O4/c1-7-24(5,30)17-12-26-21(31-6)16-11-25-19(10-15(16)17)27-18-9-8-14-20(28-18)13(2)23(3,4)32-22(14)29/h8-13,30H,7H2,1-6H3,(H,25,27,28)/t13-,24?/m1/s1. The Hall–Kier alpha value is -3.26. The second kappa shape index (κ2) is 7.70. The van der Waals surface area contributed by atoms with Crippen LogP contribution >= 0.6 is 0 Å². The van der Waals surface area contributed by atoms with E-state index >= 15 is 0 Å². The van der Waals surface area contributed by atoms with Crippen LogP contribution in [0.15, 0.2) is 30.6 Å². The fourth-order valence-corrected chi connectivity index (χ4v) is 3.85. The minimum absolute atomic E-state index is 0.0666. The number of esters is 1. The molecule has 3 aromatic heterocycles. The number of ether oxygens (including phenoxy) is 2. The maximum atomic E-state index is 12.3. The summed E-state index contributed by atoms with van der Waals surface area (Å²) in [4.78, 5) is 25.9. The van der Waals surface area contributed by atoms with Crippen molar-refractivity contribution in [2.45, 2.75) is 58.2 Å². The van der Waals surface area contributed by atoms with E-state index in [1.165, 1.54) is 0 Å². The highest BCUT2D eigenvalue weighted by atomic mass is 16.6. The molecule has 8 heteroatoms. The lowest BCUT2D eigenvalue weighted by atomic mass is 9.84. The predicted molar refractivity (Wildman–Crippen MR) is 121 cm³/mol. The van der Waals surface area contributed by atoms with E-state index < -0.39 is 11.2 Å². The van der Waals surface area contributed by atoms with Crippen LogP contribution in [0.1, 0.15) is 68.6 Å². The number of aromatic nitrogens is 3. The average Bonchev–Trinajstić information content (AvgIpc) is 2.76. The van der Waals surface area contributed by atoms with Crippen molar-refractivity contribution < 1.29 is 19.4 Å². The molecular weight excluding hydrogens is 408 g/mol. The van der Waals surface area contributed by atoms with Gasteiger partial charge in [0, 0.05) is 23.9 Å². The maximum absolute atomic E-state index is 12.3. The molecule has 168 valence electrons. The van der Waals surface area contributed by atoms with Gasteiger partial charge in [0.1, 0.15) is 17.2 Å². The molecule has 1 unspecified atom stereocenters. The molecule has 1 aliphatic rings. The zero-order chi connectivity index (χ0) is 23.3. The number of hydrogen-bond donors (Lipinski definition) is 2. The summed E-state index contributed by atoms with van der Waals surface area (Å²) in [6, 6.07) is 5.30. The lowest BCUT2D eigenvalue weighted by molar-refractivity contribution is -0.0189. The molecule has 0 spiro atoms. The number of nitrogens with one attached hydrogen (secondary N) is 1. The molecule has 1 aliphatic heterocycles. The SMILES string of the molecule is CCC(C)(O)c1cnc(OC)c2cnc(Nc3ccc4c(n3)[C@@H](C)C(C)(C)OC4=O)cc12. The van der Waals surface area contributed by atoms with Crippen molar-refractivity contribution in [1.29, 1.82) is 0 Å². The summed E-state index contributed by atoms with van der Waals surface area (Å²) in [6.45, 7) is 9.44. The summed E-state index contributed by atoms with van der Waals surface area (Å²) in [5, 5.41) is 15.6. The summed E-state index contributed by atoms with van der Waals surface area (Å²) < 4.78 is 10.9. The highest BCUT2D eigenvalue weighted by Gasteiger charge is 2.40. The zero-order valence-electron chi connectivity index (χ0n) is 19.2. The zero-order valence-corrected chi connectivity index (χ0v) is 19.2. The Bertz CT molecular complexity index is 1210. The molecule has 4 rings (SSSR count). The molecule has 0 fully saturated rings. The number of methoxy groups -OCH3 is 1. The lowest BCUT2D eigenvalue weighted by Crippen LogP contribution is -2.39. The van der Waals surface area contributed by atoms with Crippen LogP contribution in [0.2, 0.25) is 0 Å². The minimum Gasteiger partial charge on any atom is -0.481 e. The van der Waals surface area contributed by atoms with Gasteiger partial charge in [-0.2, -0.15) is 0 Å². The first kappa shape index (κ1) is 22.0. The summed E-state index contributed by atoms with van der Waals surface area (Å²) in [5.74, 6) is 1.13. The third-order valence-corrected chi connectivity index (χ3v) is 6.41. The average molecular weight is 437 g/mol. The van der Waals surface area contributed by atoms with Crippen molar-refractivity contribution in [2.75, 3.05) is 12.4 Å². The molecule has 4 heterocycles. The van der Waals surface area contributed by atoms with Gasteiger partial charge in [-0.25, -0.2) is 19.7 Å². The van der Waals surface area contributed by atoms with E-state index in [0.29, 0.717) is 46.1 Å². The number of carbonyl (C=O) groups excluding carboxylic acids is 1. The second-order valence-electron chi connectivity index (χ2n) is 8.89. The van der Waals surface area contributed by atoms with Crippen LogP contribution in [0.4, 0.5) is 11.6 Å². The summed E-state index contributed by atoms with van der Waals surface area (Å²) >= 11 is 0. The van der Waals surface area contributed by atoms with Crippen molar-refractivity contribution in [3.8, 4) is 5.88 Å². The topological polar surface area (TPSA) is 106 Å². The Labute approximate surface area is 187 Å². The molecule has 2 atom stereocenters. The van der Waals surface area contributed by atoms with Crippen LogP contribution in [-0.2, 0) is 10.3 Å². The minimum atomic E-state index is -1.05. The predicted octanol–water partition coefficient (Wildman–Crippen LogP) is 4.45. The van der Waals surface area contributed by atoms with Gasteiger partial charge >= 0.3 is 5.97 Å². The van der Waals surface area contributed by atoms with Crippen molar-refractivity contribution in [3.05, 3.63) is 47.4 Å². The van der Waals surface area contributed by atoms with E-state index in [2.05, 4.69) is 15.3 Å². The molecule has 32 heavy (non-hydrogen) atoms. The van der Waals surface area contributed by atoms with Gasteiger partial charge in [0.05, 0.1) is 29.4 Å². The number of pyridine rings is 3. The summed E-state index contributed by atoms with van der Waals surface area (Å²) in [5.41, 5.74) is 0.170. The Morgan fingerprint density at radius 3 is 2.66 bits per heavy atom. The van der Waals surface area contributed by atoms with Gasteiger partial charge in [0.2, 0.25) is 5.88 Å². The quantitative estimate of drug-likeness (QED) is 0.565. The summed E-state index contributed by atoms with van der Waals surface area (Å²) in [6.07, 6.45) is 3.83. The van der Waals surface area contributed by atoms with Gasteiger partial charge < -0.3 is 19.9 Å². The van der Waals surface area contributed by atoms with E-state index in [0.717, 1.165) is 5.39 Å². The highest BCUT2D eigenvalue weighted by molar-refractivity contribution is 5.93. The first-order chi connectivity index (χ1) is 15.1. The second-order valence-corrected chi connectivity index (χ2v) is 8.89. The number of fused-ring (bicyclic) bond motifs is 2.